The van der Waals surface area contributed by atoms with Crippen LogP contribution in [0.3, 0.4) is 0 Å². The summed E-state index contributed by atoms with van der Waals surface area (Å²) >= 11 is 5.83. The largest absolute Gasteiger partial charge is 0.287 e. The molecule has 1 aliphatic carbocycles. The van der Waals surface area contributed by atoms with Crippen LogP contribution in [0.5, 0.6) is 0 Å². The number of aromatic nitrogens is 2. The van der Waals surface area contributed by atoms with E-state index in [-0.39, 0.29) is 27.4 Å². The van der Waals surface area contributed by atoms with Crippen molar-refractivity contribution in [3.63, 3.8) is 0 Å². The van der Waals surface area contributed by atoms with Gasteiger partial charge in [-0.05, 0) is 24.3 Å². The lowest BCUT2D eigenvalue weighted by molar-refractivity contribution is -0.670. The fraction of sp³-hybridized carbons (Fsp3) is 0.0500. The quantitative estimate of drug-likeness (QED) is 0.645. The molecule has 3 aromatic rings. The average molecular weight is 429 g/mol. The van der Waals surface area contributed by atoms with Crippen molar-refractivity contribution < 1.29 is 22.6 Å². The molecule has 0 fully saturated rings. The summed E-state index contributed by atoms with van der Waals surface area (Å²) in [6.07, 6.45) is 4.83. The van der Waals surface area contributed by atoms with Gasteiger partial charge in [0, 0.05) is 16.1 Å². The van der Waals surface area contributed by atoms with E-state index in [4.69, 9.17) is 11.6 Å². The van der Waals surface area contributed by atoms with E-state index in [1.807, 2.05) is 0 Å². The number of sulfonamides is 1. The lowest BCUT2D eigenvalue weighted by atomic mass is 9.90. The number of ketones is 2. The highest BCUT2D eigenvalue weighted by molar-refractivity contribution is 7.89. The van der Waals surface area contributed by atoms with Gasteiger partial charge < -0.3 is 0 Å². The molecule has 4 rings (SSSR count). The van der Waals surface area contributed by atoms with Crippen LogP contribution in [0.25, 0.3) is 5.70 Å². The first kappa shape index (κ1) is 19.1. The fourth-order valence-electron chi connectivity index (χ4n) is 3.09. The van der Waals surface area contributed by atoms with E-state index in [1.165, 1.54) is 34.9 Å². The smallest absolute Gasteiger partial charge is 0.262 e. The standard InChI is InChI=1S/C20H14ClN3O4S/c1-23-10-11-24(12-23)18-17(19(25)15-4-2-3-5-16(15)20(18)26)22-29(27,28)14-8-6-13(21)7-9-14/h2-12H,1H3/p+1. The highest BCUT2D eigenvalue weighted by Gasteiger charge is 2.38. The number of imidazole rings is 1. The van der Waals surface area contributed by atoms with Crippen LogP contribution >= 0.6 is 11.6 Å². The van der Waals surface area contributed by atoms with Crippen molar-refractivity contribution in [1.29, 1.82) is 0 Å². The van der Waals surface area contributed by atoms with Crippen LogP contribution in [0, 0.1) is 0 Å². The first-order valence-corrected chi connectivity index (χ1v) is 10.4. The zero-order valence-electron chi connectivity index (χ0n) is 15.2. The maximum Gasteiger partial charge on any atom is 0.262 e. The van der Waals surface area contributed by atoms with E-state index in [0.717, 1.165) is 0 Å². The minimum atomic E-state index is -4.13. The second-order valence-corrected chi connectivity index (χ2v) is 8.59. The minimum Gasteiger partial charge on any atom is -0.287 e. The van der Waals surface area contributed by atoms with Gasteiger partial charge in [-0.2, -0.15) is 4.57 Å². The first-order valence-electron chi connectivity index (χ1n) is 8.52. The number of nitrogens with zero attached hydrogens (tertiary/aromatic N) is 2. The highest BCUT2D eigenvalue weighted by Crippen LogP contribution is 2.29. The molecular weight excluding hydrogens is 414 g/mol. The molecule has 29 heavy (non-hydrogen) atoms. The maximum absolute atomic E-state index is 13.2. The van der Waals surface area contributed by atoms with Gasteiger partial charge >= 0.3 is 0 Å². The van der Waals surface area contributed by atoms with E-state index < -0.39 is 21.6 Å². The number of fused-ring (bicyclic) bond motifs is 1. The number of allylic oxidation sites excluding steroid dienone is 2. The number of benzene rings is 2. The predicted octanol–water partition coefficient (Wildman–Crippen LogP) is 2.19. The Bertz CT molecular complexity index is 1290. The number of halogens is 1. The third kappa shape index (κ3) is 3.37. The van der Waals surface area contributed by atoms with Crippen molar-refractivity contribution in [2.75, 3.05) is 0 Å². The molecule has 0 saturated heterocycles. The highest BCUT2D eigenvalue weighted by atomic mass is 35.5. The Morgan fingerprint density at radius 1 is 0.966 bits per heavy atom. The molecule has 0 aliphatic heterocycles. The van der Waals surface area contributed by atoms with Crippen molar-refractivity contribution in [3.8, 4) is 0 Å². The Morgan fingerprint density at radius 3 is 2.17 bits per heavy atom. The second-order valence-electron chi connectivity index (χ2n) is 6.47. The van der Waals surface area contributed by atoms with Crippen LogP contribution in [0.2, 0.25) is 5.02 Å². The number of carbonyl (C=O) groups excluding carboxylic acids is 2. The summed E-state index contributed by atoms with van der Waals surface area (Å²) in [6.45, 7) is 0. The van der Waals surface area contributed by atoms with Gasteiger partial charge in [0.2, 0.25) is 23.6 Å². The summed E-state index contributed by atoms with van der Waals surface area (Å²) < 4.78 is 31.2. The van der Waals surface area contributed by atoms with E-state index in [1.54, 1.807) is 48.5 Å². The molecular formula is C20H15ClN3O4S+. The normalized spacial score (nSPS) is 14.1. The molecule has 2 aromatic carbocycles. The van der Waals surface area contributed by atoms with Crippen LogP contribution in [-0.4, -0.2) is 24.6 Å². The van der Waals surface area contributed by atoms with Crippen LogP contribution in [0.1, 0.15) is 20.7 Å². The van der Waals surface area contributed by atoms with E-state index in [9.17, 15) is 18.0 Å². The zero-order valence-corrected chi connectivity index (χ0v) is 16.7. The lowest BCUT2D eigenvalue weighted by Gasteiger charge is -2.19. The lowest BCUT2D eigenvalue weighted by Crippen LogP contribution is -2.35. The molecule has 0 radical (unpaired) electrons. The number of hydrogen-bond acceptors (Lipinski definition) is 4. The van der Waals surface area contributed by atoms with Crippen molar-refractivity contribution in [2.24, 2.45) is 7.05 Å². The predicted molar refractivity (Wildman–Crippen MR) is 106 cm³/mol. The van der Waals surface area contributed by atoms with E-state index >= 15 is 0 Å². The molecule has 0 amide bonds. The number of nitrogens with one attached hydrogen (secondary N) is 1. The molecule has 0 saturated carbocycles. The second kappa shape index (κ2) is 6.98. The van der Waals surface area contributed by atoms with Crippen molar-refractivity contribution in [2.45, 2.75) is 4.90 Å². The topological polar surface area (TPSA) is 89.1 Å². The summed E-state index contributed by atoms with van der Waals surface area (Å²) in [5.74, 6) is -1.03. The molecule has 1 aliphatic rings. The summed E-state index contributed by atoms with van der Waals surface area (Å²) in [4.78, 5) is 26.2. The summed E-state index contributed by atoms with van der Waals surface area (Å²) in [5.41, 5.74) is -0.00318. The first-order chi connectivity index (χ1) is 13.8. The Labute approximate surface area is 171 Å². The number of carbonyl (C=O) groups is 2. The molecule has 0 spiro atoms. The van der Waals surface area contributed by atoms with Gasteiger partial charge in [-0.3, -0.25) is 14.3 Å². The van der Waals surface area contributed by atoms with Gasteiger partial charge in [-0.25, -0.2) is 13.0 Å². The van der Waals surface area contributed by atoms with Gasteiger partial charge in [-0.1, -0.05) is 35.9 Å². The number of hydrogen-bond donors (Lipinski definition) is 1. The SMILES string of the molecule is C[n+]1ccn(C2=C(NS(=O)(=O)c3ccc(Cl)cc3)C(=O)c3ccccc3C2=O)c1. The molecule has 0 bridgehead atoms. The molecule has 0 unspecified atom stereocenters. The van der Waals surface area contributed by atoms with Crippen molar-refractivity contribution in [3.05, 3.63) is 89.1 Å². The van der Waals surface area contributed by atoms with Crippen LogP contribution in [-0.2, 0) is 17.1 Å². The van der Waals surface area contributed by atoms with Gasteiger partial charge in [0.15, 0.2) is 0 Å². The molecule has 1 N–H and O–H groups in total. The maximum atomic E-state index is 13.2. The molecule has 0 atom stereocenters. The third-order valence-electron chi connectivity index (χ3n) is 4.48. The monoisotopic (exact) mass is 428 g/mol. The minimum absolute atomic E-state index is 0.0631. The molecule has 7 nitrogen and oxygen atoms in total. The Kier molecular flexibility index (Phi) is 4.60. The van der Waals surface area contributed by atoms with Gasteiger partial charge in [0.25, 0.3) is 10.0 Å². The number of Topliss-reactive ketones (excluding diaryl/α,β-unsaturated/α-hetero) is 2. The van der Waals surface area contributed by atoms with Crippen LogP contribution in [0.4, 0.5) is 0 Å². The molecule has 9 heteroatoms. The number of aryl methyl sites for hydroxylation is 1. The summed E-state index contributed by atoms with van der Waals surface area (Å²) in [5, 5.41) is 0.376. The molecule has 146 valence electrons. The summed E-state index contributed by atoms with van der Waals surface area (Å²) in [6, 6.07) is 11.8. The van der Waals surface area contributed by atoms with E-state index in [0.29, 0.717) is 5.02 Å². The fourth-order valence-corrected chi connectivity index (χ4v) is 4.29. The zero-order chi connectivity index (χ0) is 20.8. The third-order valence-corrected chi connectivity index (χ3v) is 6.10. The van der Waals surface area contributed by atoms with E-state index in [2.05, 4.69) is 4.72 Å². The van der Waals surface area contributed by atoms with Crippen LogP contribution < -0.4 is 9.29 Å². The van der Waals surface area contributed by atoms with Crippen molar-refractivity contribution >= 4 is 38.9 Å². The van der Waals surface area contributed by atoms with Gasteiger partial charge in [0.05, 0.1) is 11.9 Å². The molecule has 1 heterocycles. The molecule has 1 aromatic heterocycles. The Balaban J connectivity index is 1.89. The van der Waals surface area contributed by atoms with Gasteiger partial charge in [-0.15, -0.1) is 0 Å². The van der Waals surface area contributed by atoms with Gasteiger partial charge in [0.1, 0.15) is 18.1 Å². The summed E-state index contributed by atoms with van der Waals surface area (Å²) in [7, 11) is -2.38. The Morgan fingerprint density at radius 2 is 1.59 bits per heavy atom. The van der Waals surface area contributed by atoms with Crippen molar-refractivity contribution in [1.82, 2.24) is 9.29 Å². The van der Waals surface area contributed by atoms with Crippen LogP contribution in [0.15, 0.2) is 77.8 Å². The Hall–Kier alpha value is -3.23. The number of rotatable bonds is 4. The average Bonchev–Trinajstić information content (AvgIpc) is 3.12.